The highest BCUT2D eigenvalue weighted by molar-refractivity contribution is 6.35. The number of fused-ring (bicyclic) bond motifs is 1. The number of carbonyl (C=O) groups excluding carboxylic acids is 1. The molecule has 2 aromatic rings. The summed E-state index contributed by atoms with van der Waals surface area (Å²) in [6.45, 7) is 0.454. The third kappa shape index (κ3) is 3.44. The number of nitrogens with two attached hydrogens (primary N) is 2. The molecule has 4 N–H and O–H groups in total. The number of carbonyl (C=O) groups is 1. The summed E-state index contributed by atoms with van der Waals surface area (Å²) >= 11 is 6.20. The Kier molecular flexibility index (Phi) is 4.87. The lowest BCUT2D eigenvalue weighted by Gasteiger charge is -2.18. The number of hydrogen-bond donors (Lipinski definition) is 2. The number of amides is 1. The zero-order chi connectivity index (χ0) is 17.3. The summed E-state index contributed by atoms with van der Waals surface area (Å²) in [4.78, 5) is 28.4. The lowest BCUT2D eigenvalue weighted by atomic mass is 10.1. The Hall–Kier alpha value is -1.92. The third-order valence-corrected chi connectivity index (χ3v) is 4.76. The van der Waals surface area contributed by atoms with Gasteiger partial charge < -0.3 is 11.5 Å². The molecule has 1 heterocycles. The van der Waals surface area contributed by atoms with Crippen LogP contribution in [0.15, 0.2) is 23.0 Å². The maximum absolute atomic E-state index is 12.9. The van der Waals surface area contributed by atoms with Crippen molar-refractivity contribution in [3.8, 4) is 0 Å². The minimum atomic E-state index is -0.336. The number of rotatable bonds is 7. The molecule has 1 aromatic carbocycles. The molecule has 1 aliphatic rings. The Bertz CT molecular complexity index is 829. The summed E-state index contributed by atoms with van der Waals surface area (Å²) in [5.41, 5.74) is 11.9. The van der Waals surface area contributed by atoms with E-state index in [4.69, 9.17) is 23.1 Å². The highest BCUT2D eigenvalue weighted by Gasteiger charge is 2.32. The first-order valence-corrected chi connectivity index (χ1v) is 8.59. The number of aromatic nitrogens is 2. The van der Waals surface area contributed by atoms with Crippen molar-refractivity contribution < 1.29 is 4.79 Å². The van der Waals surface area contributed by atoms with Gasteiger partial charge in [0, 0.05) is 13.0 Å². The van der Waals surface area contributed by atoms with Crippen LogP contribution in [0, 0.1) is 5.92 Å². The van der Waals surface area contributed by atoms with Gasteiger partial charge in [-0.2, -0.15) is 0 Å². The molecule has 1 fully saturated rings. The molecule has 24 heavy (non-hydrogen) atoms. The molecule has 0 radical (unpaired) electrons. The molecular formula is C17H21ClN4O2. The number of halogens is 1. The predicted octanol–water partition coefficient (Wildman–Crippen LogP) is 2.12. The minimum absolute atomic E-state index is 0.171. The molecule has 1 unspecified atom stereocenters. The van der Waals surface area contributed by atoms with E-state index in [1.54, 1.807) is 22.8 Å². The average Bonchev–Trinajstić information content (AvgIpc) is 3.36. The fourth-order valence-corrected chi connectivity index (χ4v) is 3.20. The van der Waals surface area contributed by atoms with Crippen molar-refractivity contribution in [3.63, 3.8) is 0 Å². The molecule has 0 saturated heterocycles. The summed E-state index contributed by atoms with van der Waals surface area (Å²) < 4.78 is 1.62. The van der Waals surface area contributed by atoms with Crippen molar-refractivity contribution in [2.75, 3.05) is 0 Å². The summed E-state index contributed by atoms with van der Waals surface area (Å²) in [6.07, 6.45) is 3.71. The van der Waals surface area contributed by atoms with E-state index in [9.17, 15) is 9.59 Å². The van der Waals surface area contributed by atoms with E-state index in [1.165, 1.54) is 0 Å². The Morgan fingerprint density at radius 3 is 2.79 bits per heavy atom. The van der Waals surface area contributed by atoms with E-state index < -0.39 is 0 Å². The summed E-state index contributed by atoms with van der Waals surface area (Å²) in [7, 11) is 0. The van der Waals surface area contributed by atoms with E-state index >= 15 is 0 Å². The van der Waals surface area contributed by atoms with Gasteiger partial charge in [-0.25, -0.2) is 4.98 Å². The molecule has 0 aliphatic heterocycles. The van der Waals surface area contributed by atoms with E-state index in [0.717, 1.165) is 12.8 Å². The number of benzene rings is 1. The fourth-order valence-electron chi connectivity index (χ4n) is 2.95. The van der Waals surface area contributed by atoms with Crippen LogP contribution in [-0.4, -0.2) is 15.5 Å². The zero-order valence-electron chi connectivity index (χ0n) is 13.4. The maximum atomic E-state index is 12.9. The molecule has 0 bridgehead atoms. The molecule has 1 atom stereocenters. The number of unbranched alkanes of at least 4 members (excludes halogenated alkanes) is 1. The van der Waals surface area contributed by atoms with Gasteiger partial charge in [0.25, 0.3) is 5.56 Å². The SMILES string of the molecule is NC(=O)CCCCn1c(C(N)C2CC2)nc2cccc(Cl)c2c1=O. The quantitative estimate of drug-likeness (QED) is 0.748. The van der Waals surface area contributed by atoms with E-state index in [-0.39, 0.29) is 17.5 Å². The first-order chi connectivity index (χ1) is 11.5. The van der Waals surface area contributed by atoms with Crippen LogP contribution in [0.4, 0.5) is 0 Å². The molecular weight excluding hydrogens is 328 g/mol. The van der Waals surface area contributed by atoms with Crippen molar-refractivity contribution in [3.05, 3.63) is 39.4 Å². The second kappa shape index (κ2) is 6.91. The van der Waals surface area contributed by atoms with Gasteiger partial charge in [0.05, 0.1) is 22.0 Å². The standard InChI is InChI=1S/C17H21ClN4O2/c18-11-4-3-5-12-14(11)17(24)22(9-2-1-6-13(19)23)16(21-12)15(20)10-7-8-10/h3-5,10,15H,1-2,6-9,20H2,(H2,19,23). The van der Waals surface area contributed by atoms with Crippen molar-refractivity contribution in [2.24, 2.45) is 17.4 Å². The van der Waals surface area contributed by atoms with Gasteiger partial charge in [0.15, 0.2) is 0 Å². The van der Waals surface area contributed by atoms with E-state index in [2.05, 4.69) is 4.98 Å². The number of nitrogens with zero attached hydrogens (tertiary/aromatic N) is 2. The lowest BCUT2D eigenvalue weighted by Crippen LogP contribution is -2.30. The molecule has 3 rings (SSSR count). The first kappa shape index (κ1) is 16.9. The second-order valence-corrected chi connectivity index (χ2v) is 6.75. The van der Waals surface area contributed by atoms with Crippen LogP contribution in [0.1, 0.15) is 44.0 Å². The van der Waals surface area contributed by atoms with Gasteiger partial charge in [0.2, 0.25) is 5.91 Å². The van der Waals surface area contributed by atoms with Crippen LogP contribution < -0.4 is 17.0 Å². The summed E-state index contributed by atoms with van der Waals surface area (Å²) in [6, 6.07) is 4.99. The molecule has 1 saturated carbocycles. The molecule has 1 aromatic heterocycles. The van der Waals surface area contributed by atoms with Crippen LogP contribution >= 0.6 is 11.6 Å². The van der Waals surface area contributed by atoms with Gasteiger partial charge in [-0.3, -0.25) is 14.2 Å². The largest absolute Gasteiger partial charge is 0.370 e. The van der Waals surface area contributed by atoms with Crippen molar-refractivity contribution in [1.82, 2.24) is 9.55 Å². The van der Waals surface area contributed by atoms with Gasteiger partial charge in [-0.15, -0.1) is 0 Å². The van der Waals surface area contributed by atoms with Gasteiger partial charge in [-0.1, -0.05) is 17.7 Å². The van der Waals surface area contributed by atoms with Crippen molar-refractivity contribution >= 4 is 28.4 Å². The van der Waals surface area contributed by atoms with Crippen LogP contribution in [-0.2, 0) is 11.3 Å². The maximum Gasteiger partial charge on any atom is 0.262 e. The van der Waals surface area contributed by atoms with Crippen LogP contribution in [0.25, 0.3) is 10.9 Å². The average molecular weight is 349 g/mol. The molecule has 1 aliphatic carbocycles. The van der Waals surface area contributed by atoms with Crippen LogP contribution in [0.3, 0.4) is 0 Å². The Balaban J connectivity index is 2.00. The van der Waals surface area contributed by atoms with Crippen LogP contribution in [0.2, 0.25) is 5.02 Å². The van der Waals surface area contributed by atoms with Gasteiger partial charge in [-0.05, 0) is 43.7 Å². The smallest absolute Gasteiger partial charge is 0.262 e. The topological polar surface area (TPSA) is 104 Å². The fraction of sp³-hybridized carbons (Fsp3) is 0.471. The van der Waals surface area contributed by atoms with Crippen molar-refractivity contribution in [2.45, 2.75) is 44.7 Å². The van der Waals surface area contributed by atoms with Gasteiger partial charge >= 0.3 is 0 Å². The van der Waals surface area contributed by atoms with Gasteiger partial charge in [0.1, 0.15) is 5.82 Å². The minimum Gasteiger partial charge on any atom is -0.370 e. The summed E-state index contributed by atoms with van der Waals surface area (Å²) in [5, 5.41) is 0.809. The van der Waals surface area contributed by atoms with Crippen molar-refractivity contribution in [1.29, 1.82) is 0 Å². The second-order valence-electron chi connectivity index (χ2n) is 6.35. The Morgan fingerprint density at radius 1 is 1.38 bits per heavy atom. The summed E-state index contributed by atoms with van der Waals surface area (Å²) in [5.74, 6) is 0.652. The van der Waals surface area contributed by atoms with E-state index in [1.807, 2.05) is 0 Å². The lowest BCUT2D eigenvalue weighted by molar-refractivity contribution is -0.118. The predicted molar refractivity (Wildman–Crippen MR) is 93.7 cm³/mol. The molecule has 128 valence electrons. The zero-order valence-corrected chi connectivity index (χ0v) is 14.1. The van der Waals surface area contributed by atoms with E-state index in [0.29, 0.717) is 53.5 Å². The Morgan fingerprint density at radius 2 is 2.12 bits per heavy atom. The Labute approximate surface area is 144 Å². The first-order valence-electron chi connectivity index (χ1n) is 8.22. The normalized spacial score (nSPS) is 15.6. The molecule has 6 nitrogen and oxygen atoms in total. The number of hydrogen-bond acceptors (Lipinski definition) is 4. The number of primary amides is 1. The molecule has 7 heteroatoms. The highest BCUT2D eigenvalue weighted by Crippen LogP contribution is 2.39. The molecule has 1 amide bonds. The monoisotopic (exact) mass is 348 g/mol. The highest BCUT2D eigenvalue weighted by atomic mass is 35.5. The van der Waals surface area contributed by atoms with Crippen LogP contribution in [0.5, 0.6) is 0 Å². The molecule has 0 spiro atoms. The third-order valence-electron chi connectivity index (χ3n) is 4.45.